The Morgan fingerprint density at radius 2 is 1.17 bits per heavy atom. The Morgan fingerprint density at radius 3 is 1.98 bits per heavy atom. The normalized spacial score (nSPS) is 11.4. The molecule has 0 fully saturated rings. The molecule has 0 aliphatic heterocycles. The molecule has 192 valence electrons. The van der Waals surface area contributed by atoms with Crippen LogP contribution >= 0.6 is 0 Å². The van der Waals surface area contributed by atoms with Gasteiger partial charge in [-0.2, -0.15) is 0 Å². The summed E-state index contributed by atoms with van der Waals surface area (Å²) in [5.41, 5.74) is 10.1. The van der Waals surface area contributed by atoms with Crippen molar-refractivity contribution in [3.8, 4) is 39.3 Å². The number of nitrogens with zero attached hydrogens (tertiary/aromatic N) is 3. The fourth-order valence-corrected chi connectivity index (χ4v) is 5.87. The molecule has 6 aromatic carbocycles. The van der Waals surface area contributed by atoms with Gasteiger partial charge in [-0.1, -0.05) is 115 Å². The van der Waals surface area contributed by atoms with Crippen molar-refractivity contribution in [3.05, 3.63) is 152 Å². The van der Waals surface area contributed by atoms with E-state index in [0.717, 1.165) is 39.0 Å². The molecule has 0 saturated heterocycles. The Bertz CT molecular complexity index is 2180. The van der Waals surface area contributed by atoms with Crippen molar-refractivity contribution in [2.75, 3.05) is 0 Å². The van der Waals surface area contributed by atoms with Gasteiger partial charge in [0.25, 0.3) is 0 Å². The van der Waals surface area contributed by atoms with Crippen molar-refractivity contribution >= 4 is 32.7 Å². The van der Waals surface area contributed by atoms with Crippen LogP contribution in [0.4, 0.5) is 0 Å². The lowest BCUT2D eigenvalue weighted by atomic mass is 9.95. The Morgan fingerprint density at radius 1 is 0.463 bits per heavy atom. The Balaban J connectivity index is 1.15. The van der Waals surface area contributed by atoms with E-state index in [9.17, 15) is 0 Å². The molecule has 0 atom stereocenters. The summed E-state index contributed by atoms with van der Waals surface area (Å²) < 4.78 is 2.24. The lowest BCUT2D eigenvalue weighted by Crippen LogP contribution is -1.97. The highest BCUT2D eigenvalue weighted by Crippen LogP contribution is 2.34. The van der Waals surface area contributed by atoms with Crippen molar-refractivity contribution in [2.24, 2.45) is 0 Å². The van der Waals surface area contributed by atoms with Crippen molar-refractivity contribution in [3.63, 3.8) is 0 Å². The number of imidazole rings is 1. The second kappa shape index (κ2) is 9.58. The first-order valence-electron chi connectivity index (χ1n) is 13.8. The molecule has 3 nitrogen and oxygen atoms in total. The van der Waals surface area contributed by atoms with Gasteiger partial charge in [0.1, 0.15) is 5.82 Å². The molecule has 0 unspecified atom stereocenters. The average Bonchev–Trinajstić information content (AvgIpc) is 3.45. The maximum atomic E-state index is 5.01. The molecule has 2 heterocycles. The van der Waals surface area contributed by atoms with E-state index < -0.39 is 0 Å². The number of hydrogen-bond donors (Lipinski definition) is 0. The van der Waals surface area contributed by atoms with Gasteiger partial charge >= 0.3 is 0 Å². The molecule has 8 aromatic rings. The van der Waals surface area contributed by atoms with Crippen LogP contribution in [0.1, 0.15) is 0 Å². The SMILES string of the molecule is c1ccc(-n2c(-c3ccc(-c4ccc(-c5cccc6c5ccc5cccnc56)cc4)cc3)nc3ccccc32)cc1. The van der Waals surface area contributed by atoms with Gasteiger partial charge < -0.3 is 0 Å². The van der Waals surface area contributed by atoms with Crippen LogP contribution in [-0.4, -0.2) is 14.5 Å². The van der Waals surface area contributed by atoms with E-state index in [4.69, 9.17) is 4.98 Å². The fraction of sp³-hybridized carbons (Fsp3) is 0. The molecule has 0 radical (unpaired) electrons. The zero-order valence-corrected chi connectivity index (χ0v) is 22.3. The van der Waals surface area contributed by atoms with Crippen LogP contribution in [0.25, 0.3) is 72.0 Å². The summed E-state index contributed by atoms with van der Waals surface area (Å²) >= 11 is 0. The summed E-state index contributed by atoms with van der Waals surface area (Å²) in [6.45, 7) is 0. The fourth-order valence-electron chi connectivity index (χ4n) is 5.87. The van der Waals surface area contributed by atoms with Crippen molar-refractivity contribution in [2.45, 2.75) is 0 Å². The van der Waals surface area contributed by atoms with Gasteiger partial charge in [-0.05, 0) is 58.0 Å². The summed E-state index contributed by atoms with van der Waals surface area (Å²) in [6.07, 6.45) is 1.87. The maximum absolute atomic E-state index is 5.01. The average molecular weight is 524 g/mol. The number of para-hydroxylation sites is 3. The minimum Gasteiger partial charge on any atom is -0.292 e. The van der Waals surface area contributed by atoms with Crippen LogP contribution in [0, 0.1) is 0 Å². The molecule has 0 N–H and O–H groups in total. The highest BCUT2D eigenvalue weighted by Gasteiger charge is 2.14. The molecule has 0 saturated carbocycles. The topological polar surface area (TPSA) is 30.7 Å². The number of aromatic nitrogens is 3. The largest absolute Gasteiger partial charge is 0.292 e. The van der Waals surface area contributed by atoms with E-state index in [2.05, 4.69) is 137 Å². The van der Waals surface area contributed by atoms with Crippen LogP contribution in [0.3, 0.4) is 0 Å². The third-order valence-corrected chi connectivity index (χ3v) is 7.88. The predicted molar refractivity (Wildman–Crippen MR) is 170 cm³/mol. The lowest BCUT2D eigenvalue weighted by molar-refractivity contribution is 1.10. The number of fused-ring (bicyclic) bond motifs is 4. The molecule has 0 aliphatic carbocycles. The molecule has 8 rings (SSSR count). The first-order chi connectivity index (χ1) is 20.3. The zero-order valence-electron chi connectivity index (χ0n) is 22.3. The molecule has 41 heavy (non-hydrogen) atoms. The highest BCUT2D eigenvalue weighted by molar-refractivity contribution is 6.10. The van der Waals surface area contributed by atoms with Gasteiger partial charge in [-0.3, -0.25) is 9.55 Å². The Hall–Kier alpha value is -5.54. The summed E-state index contributed by atoms with van der Waals surface area (Å²) in [6, 6.07) is 51.3. The van der Waals surface area contributed by atoms with Gasteiger partial charge in [-0.25, -0.2) is 4.98 Å². The molecule has 0 spiro atoms. The van der Waals surface area contributed by atoms with Gasteiger partial charge in [-0.15, -0.1) is 0 Å². The monoisotopic (exact) mass is 523 g/mol. The summed E-state index contributed by atoms with van der Waals surface area (Å²) in [7, 11) is 0. The van der Waals surface area contributed by atoms with E-state index in [1.54, 1.807) is 0 Å². The molecular formula is C38H25N3. The second-order valence-electron chi connectivity index (χ2n) is 10.3. The van der Waals surface area contributed by atoms with E-state index in [1.807, 2.05) is 24.4 Å². The molecule has 2 aromatic heterocycles. The first kappa shape index (κ1) is 23.4. The van der Waals surface area contributed by atoms with E-state index in [0.29, 0.717) is 0 Å². The van der Waals surface area contributed by atoms with Gasteiger partial charge in [0.2, 0.25) is 0 Å². The molecule has 0 aliphatic rings. The van der Waals surface area contributed by atoms with E-state index in [1.165, 1.54) is 33.0 Å². The van der Waals surface area contributed by atoms with E-state index >= 15 is 0 Å². The minimum absolute atomic E-state index is 0.942. The zero-order chi connectivity index (χ0) is 27.2. The van der Waals surface area contributed by atoms with Crippen molar-refractivity contribution in [1.29, 1.82) is 0 Å². The second-order valence-corrected chi connectivity index (χ2v) is 10.3. The summed E-state index contributed by atoms with van der Waals surface area (Å²) in [4.78, 5) is 9.66. The Labute approximate surface area is 238 Å². The van der Waals surface area contributed by atoms with Gasteiger partial charge in [0.15, 0.2) is 0 Å². The minimum atomic E-state index is 0.942. The van der Waals surface area contributed by atoms with Crippen LogP contribution in [0.2, 0.25) is 0 Å². The number of pyridine rings is 1. The smallest absolute Gasteiger partial charge is 0.145 e. The van der Waals surface area contributed by atoms with E-state index in [-0.39, 0.29) is 0 Å². The Kier molecular flexibility index (Phi) is 5.46. The maximum Gasteiger partial charge on any atom is 0.145 e. The number of rotatable bonds is 4. The lowest BCUT2D eigenvalue weighted by Gasteiger charge is -2.11. The third kappa shape index (κ3) is 3.98. The molecule has 3 heteroatoms. The molecule has 0 bridgehead atoms. The standard InChI is InChI=1S/C38H25N3/c1-2-9-31(10-3-1)41-36-14-5-4-13-35(36)40-38(41)30-21-17-27(18-22-30)26-15-19-28(20-16-26)32-11-6-12-34-33(32)24-23-29-8-7-25-39-37(29)34/h1-25H. The van der Waals surface area contributed by atoms with Crippen LogP contribution in [0.5, 0.6) is 0 Å². The van der Waals surface area contributed by atoms with Crippen LogP contribution < -0.4 is 0 Å². The number of benzene rings is 6. The summed E-state index contributed by atoms with van der Waals surface area (Å²) in [5, 5.41) is 3.56. The third-order valence-electron chi connectivity index (χ3n) is 7.88. The molecular weight excluding hydrogens is 498 g/mol. The van der Waals surface area contributed by atoms with Crippen molar-refractivity contribution in [1.82, 2.24) is 14.5 Å². The van der Waals surface area contributed by atoms with Crippen LogP contribution in [0.15, 0.2) is 152 Å². The van der Waals surface area contributed by atoms with Crippen molar-refractivity contribution < 1.29 is 0 Å². The quantitative estimate of drug-likeness (QED) is 0.215. The summed E-state index contributed by atoms with van der Waals surface area (Å²) in [5.74, 6) is 0.942. The predicted octanol–water partition coefficient (Wildman–Crippen LogP) is 9.73. The van der Waals surface area contributed by atoms with Crippen LogP contribution in [-0.2, 0) is 0 Å². The highest BCUT2D eigenvalue weighted by atomic mass is 15.1. The first-order valence-corrected chi connectivity index (χ1v) is 13.8. The van der Waals surface area contributed by atoms with Gasteiger partial charge in [0.05, 0.1) is 16.6 Å². The molecule has 0 amide bonds. The number of hydrogen-bond acceptors (Lipinski definition) is 2. The van der Waals surface area contributed by atoms with Gasteiger partial charge in [0, 0.05) is 28.2 Å².